The molecule has 0 aromatic heterocycles. The van der Waals surface area contributed by atoms with Gasteiger partial charge < -0.3 is 19.8 Å². The molecule has 29 heavy (non-hydrogen) atoms. The van der Waals surface area contributed by atoms with Crippen LogP contribution in [0.3, 0.4) is 0 Å². The topological polar surface area (TPSA) is 102 Å². The first-order valence-electron chi connectivity index (χ1n) is 11.0. The van der Waals surface area contributed by atoms with E-state index in [1.165, 1.54) is 5.56 Å². The molecule has 1 aromatic rings. The van der Waals surface area contributed by atoms with Crippen LogP contribution in [0.4, 0.5) is 0 Å². The maximum atomic E-state index is 11.3. The van der Waals surface area contributed by atoms with Gasteiger partial charge in [0, 0.05) is 0 Å². The van der Waals surface area contributed by atoms with Gasteiger partial charge in [-0.05, 0) is 73.5 Å². The lowest BCUT2D eigenvalue weighted by Gasteiger charge is -2.32. The van der Waals surface area contributed by atoms with Crippen molar-refractivity contribution in [2.24, 2.45) is 23.7 Å². The third-order valence-electron chi connectivity index (χ3n) is 6.80. The molecule has 0 bridgehead atoms. The number of benzene rings is 1. The molecule has 0 saturated heterocycles. The van der Waals surface area contributed by atoms with E-state index in [1.54, 1.807) is 0 Å². The van der Waals surface area contributed by atoms with Crippen molar-refractivity contribution in [2.75, 3.05) is 6.61 Å². The van der Waals surface area contributed by atoms with Crippen LogP contribution >= 0.6 is 0 Å². The highest BCUT2D eigenvalue weighted by Crippen LogP contribution is 2.48. The molecular formula is C23H35NO5. The molecule has 1 fully saturated rings. The van der Waals surface area contributed by atoms with E-state index >= 15 is 0 Å². The summed E-state index contributed by atoms with van der Waals surface area (Å²) in [5, 5.41) is 21.0. The molecule has 6 nitrogen and oxygen atoms in total. The molecule has 6 heteroatoms. The number of hydrogen-bond donors (Lipinski definition) is 3. The van der Waals surface area contributed by atoms with Crippen LogP contribution in [0.15, 0.2) is 18.2 Å². The fraction of sp³-hybridized carbons (Fsp3) is 0.696. The van der Waals surface area contributed by atoms with E-state index in [1.807, 2.05) is 12.1 Å². The van der Waals surface area contributed by atoms with Crippen molar-refractivity contribution < 1.29 is 24.6 Å². The van der Waals surface area contributed by atoms with E-state index in [-0.39, 0.29) is 24.7 Å². The molecule has 0 heterocycles. The van der Waals surface area contributed by atoms with E-state index in [4.69, 9.17) is 10.6 Å². The summed E-state index contributed by atoms with van der Waals surface area (Å²) in [5.74, 6) is 6.07. The Kier molecular flexibility index (Phi) is 7.92. The first-order chi connectivity index (χ1) is 14.0. The highest BCUT2D eigenvalue weighted by Gasteiger charge is 2.44. The Morgan fingerprint density at radius 1 is 1.28 bits per heavy atom. The number of aliphatic hydroxyl groups excluding tert-OH is 2. The van der Waals surface area contributed by atoms with Crippen molar-refractivity contribution in [3.05, 3.63) is 29.3 Å². The van der Waals surface area contributed by atoms with Crippen LogP contribution in [0.1, 0.15) is 63.0 Å². The predicted octanol–water partition coefficient (Wildman–Crippen LogP) is 2.92. The largest absolute Gasteiger partial charge is 0.482 e. The Morgan fingerprint density at radius 3 is 2.86 bits per heavy atom. The highest BCUT2D eigenvalue weighted by molar-refractivity contribution is 5.70. The number of carbonyl (C=O) groups is 1. The summed E-state index contributed by atoms with van der Waals surface area (Å²) >= 11 is 0. The average molecular weight is 406 g/mol. The van der Waals surface area contributed by atoms with Crippen molar-refractivity contribution in [2.45, 2.75) is 76.9 Å². The van der Waals surface area contributed by atoms with Crippen LogP contribution in [0.5, 0.6) is 5.75 Å². The molecule has 2 aliphatic carbocycles. The zero-order valence-corrected chi connectivity index (χ0v) is 17.4. The third kappa shape index (κ3) is 5.50. The summed E-state index contributed by atoms with van der Waals surface area (Å²) in [6.07, 6.45) is 7.89. The number of unbranched alkanes of at least 4 members (excludes halogenated alkanes) is 2. The lowest BCUT2D eigenvalue weighted by atomic mass is 9.73. The maximum absolute atomic E-state index is 11.3. The standard InChI is InChI=1S/C23H35NO5/c1-2-3-4-7-17(25)9-10-18-19-11-15-6-5-8-22(28-14-23(27)29-24)20(15)12-16(19)13-21(18)26/h5-6,8,16-19,21,25-26H,2-4,7,9-14,24H2,1H3/t16-,17-,18+,19-,21+/m0/s1. The number of carbonyl (C=O) groups excluding carboxylic acids is 1. The summed E-state index contributed by atoms with van der Waals surface area (Å²) in [6.45, 7) is 1.96. The number of rotatable bonds is 10. The zero-order valence-electron chi connectivity index (χ0n) is 17.4. The van der Waals surface area contributed by atoms with Crippen molar-refractivity contribution in [3.63, 3.8) is 0 Å². The Hall–Kier alpha value is -1.63. The second-order valence-electron chi connectivity index (χ2n) is 8.70. The smallest absolute Gasteiger partial charge is 0.362 e. The van der Waals surface area contributed by atoms with Gasteiger partial charge in [-0.1, -0.05) is 38.3 Å². The van der Waals surface area contributed by atoms with Crippen LogP contribution in [0, 0.1) is 17.8 Å². The first kappa shape index (κ1) is 22.1. The Balaban J connectivity index is 1.62. The summed E-state index contributed by atoms with van der Waals surface area (Å²) < 4.78 is 5.63. The zero-order chi connectivity index (χ0) is 20.8. The van der Waals surface area contributed by atoms with Crippen molar-refractivity contribution >= 4 is 5.97 Å². The molecule has 0 aliphatic heterocycles. The quantitative estimate of drug-likeness (QED) is 0.409. The summed E-state index contributed by atoms with van der Waals surface area (Å²) in [5.41, 5.74) is 2.36. The minimum Gasteiger partial charge on any atom is -0.482 e. The average Bonchev–Trinajstić information content (AvgIpc) is 3.02. The van der Waals surface area contributed by atoms with Gasteiger partial charge in [0.1, 0.15) is 5.75 Å². The molecule has 1 saturated carbocycles. The molecule has 0 unspecified atom stereocenters. The molecule has 0 radical (unpaired) electrons. The number of hydrogen-bond acceptors (Lipinski definition) is 6. The van der Waals surface area contributed by atoms with Crippen LogP contribution in [-0.2, 0) is 22.5 Å². The van der Waals surface area contributed by atoms with Gasteiger partial charge in [0.15, 0.2) is 6.61 Å². The summed E-state index contributed by atoms with van der Waals surface area (Å²) in [4.78, 5) is 15.5. The molecule has 2 aliphatic rings. The summed E-state index contributed by atoms with van der Waals surface area (Å²) in [6, 6.07) is 5.93. The molecular weight excluding hydrogens is 370 g/mol. The molecule has 1 aromatic carbocycles. The number of nitrogens with two attached hydrogens (primary N) is 1. The third-order valence-corrected chi connectivity index (χ3v) is 6.80. The highest BCUT2D eigenvalue weighted by atomic mass is 16.7. The molecule has 0 spiro atoms. The number of ether oxygens (including phenoxy) is 1. The lowest BCUT2D eigenvalue weighted by molar-refractivity contribution is -0.146. The van der Waals surface area contributed by atoms with Crippen LogP contribution in [-0.4, -0.2) is 35.0 Å². The Morgan fingerprint density at radius 2 is 2.10 bits per heavy atom. The Labute approximate surface area is 173 Å². The van der Waals surface area contributed by atoms with E-state index in [0.717, 1.165) is 63.4 Å². The van der Waals surface area contributed by atoms with Crippen molar-refractivity contribution in [3.8, 4) is 5.75 Å². The first-order valence-corrected chi connectivity index (χ1v) is 11.0. The second kappa shape index (κ2) is 10.4. The fourth-order valence-electron chi connectivity index (χ4n) is 5.27. The lowest BCUT2D eigenvalue weighted by Crippen LogP contribution is -2.28. The number of aliphatic hydroxyl groups is 2. The van der Waals surface area contributed by atoms with E-state index in [0.29, 0.717) is 17.6 Å². The van der Waals surface area contributed by atoms with Crippen LogP contribution < -0.4 is 10.6 Å². The normalized spacial score (nSPS) is 26.5. The summed E-state index contributed by atoms with van der Waals surface area (Å²) in [7, 11) is 0. The van der Waals surface area contributed by atoms with Gasteiger partial charge >= 0.3 is 5.97 Å². The van der Waals surface area contributed by atoms with Gasteiger partial charge in [-0.2, -0.15) is 5.90 Å². The monoisotopic (exact) mass is 405 g/mol. The predicted molar refractivity (Wildman–Crippen MR) is 110 cm³/mol. The van der Waals surface area contributed by atoms with Gasteiger partial charge in [-0.25, -0.2) is 4.79 Å². The van der Waals surface area contributed by atoms with Crippen molar-refractivity contribution in [1.29, 1.82) is 0 Å². The van der Waals surface area contributed by atoms with Crippen LogP contribution in [0.2, 0.25) is 0 Å². The van der Waals surface area contributed by atoms with Gasteiger partial charge in [0.2, 0.25) is 0 Å². The SMILES string of the molecule is CCCCC[C@H](O)CC[C@@H]1[C@H]2Cc3cccc(OCC(=O)ON)c3C[C@H]2C[C@H]1O. The van der Waals surface area contributed by atoms with E-state index in [9.17, 15) is 15.0 Å². The minimum atomic E-state index is -0.606. The Bertz CT molecular complexity index is 679. The van der Waals surface area contributed by atoms with Crippen molar-refractivity contribution in [1.82, 2.24) is 0 Å². The molecule has 3 rings (SSSR count). The molecule has 5 atom stereocenters. The fourth-order valence-corrected chi connectivity index (χ4v) is 5.27. The van der Waals surface area contributed by atoms with Crippen LogP contribution in [0.25, 0.3) is 0 Å². The maximum Gasteiger partial charge on any atom is 0.362 e. The van der Waals surface area contributed by atoms with Gasteiger partial charge in [-0.3, -0.25) is 0 Å². The minimum absolute atomic E-state index is 0.206. The van der Waals surface area contributed by atoms with Gasteiger partial charge in [0.05, 0.1) is 12.2 Å². The van der Waals surface area contributed by atoms with E-state index < -0.39 is 5.97 Å². The number of fused-ring (bicyclic) bond motifs is 2. The molecule has 0 amide bonds. The molecule has 4 N–H and O–H groups in total. The molecule has 162 valence electrons. The van der Waals surface area contributed by atoms with E-state index in [2.05, 4.69) is 17.8 Å². The van der Waals surface area contributed by atoms with Gasteiger partial charge in [-0.15, -0.1) is 0 Å². The van der Waals surface area contributed by atoms with Gasteiger partial charge in [0.25, 0.3) is 0 Å². The second-order valence-corrected chi connectivity index (χ2v) is 8.70.